The molecule has 1 saturated carbocycles. The highest BCUT2D eigenvalue weighted by Gasteiger charge is 2.19. The second-order valence-corrected chi connectivity index (χ2v) is 6.91. The van der Waals surface area contributed by atoms with Crippen molar-refractivity contribution in [2.24, 2.45) is 0 Å². The molecule has 18 heavy (non-hydrogen) atoms. The molecule has 0 saturated heterocycles. The van der Waals surface area contributed by atoms with Crippen LogP contribution in [0.2, 0.25) is 0 Å². The Balaban J connectivity index is 2.15. The van der Waals surface area contributed by atoms with Gasteiger partial charge >= 0.3 is 0 Å². The van der Waals surface area contributed by atoms with Crippen molar-refractivity contribution in [3.8, 4) is 0 Å². The first kappa shape index (κ1) is 15.9. The predicted molar refractivity (Wildman–Crippen MR) is 75.2 cm³/mol. The molecule has 1 aliphatic carbocycles. The van der Waals surface area contributed by atoms with Gasteiger partial charge in [0.25, 0.3) is 0 Å². The molecule has 6 heteroatoms. The smallest absolute Gasteiger partial charge is 0.212 e. The average molecular weight is 277 g/mol. The van der Waals surface area contributed by atoms with Gasteiger partial charge in [0.2, 0.25) is 10.0 Å². The summed E-state index contributed by atoms with van der Waals surface area (Å²) in [5, 5.41) is 3.02. The molecule has 0 atom stereocenters. The van der Waals surface area contributed by atoms with Gasteiger partial charge in [0.05, 0.1) is 5.75 Å². The molecule has 0 spiro atoms. The molecule has 0 amide bonds. The van der Waals surface area contributed by atoms with E-state index in [2.05, 4.69) is 22.0 Å². The molecule has 0 aromatic rings. The molecule has 0 heterocycles. The normalized spacial score (nSPS) is 17.7. The number of hydrogen-bond acceptors (Lipinski definition) is 4. The van der Waals surface area contributed by atoms with E-state index in [-0.39, 0.29) is 5.75 Å². The Bertz CT molecular complexity index is 313. The Kier molecular flexibility index (Phi) is 7.14. The monoisotopic (exact) mass is 277 g/mol. The molecule has 108 valence electrons. The first-order chi connectivity index (χ1) is 8.55. The standard InChI is InChI=1S/C12H27N3O2S/c1-3-13-9-11-18(16,17)14-8-10-15(2)12-6-4-5-7-12/h12-14H,3-11H2,1-2H3. The van der Waals surface area contributed by atoms with Crippen molar-refractivity contribution in [2.75, 3.05) is 39.0 Å². The van der Waals surface area contributed by atoms with Crippen molar-refractivity contribution in [2.45, 2.75) is 38.6 Å². The van der Waals surface area contributed by atoms with E-state index in [1.54, 1.807) is 0 Å². The first-order valence-corrected chi connectivity index (χ1v) is 8.58. The number of nitrogens with one attached hydrogen (secondary N) is 2. The fraction of sp³-hybridized carbons (Fsp3) is 1.00. The van der Waals surface area contributed by atoms with Crippen LogP contribution in [-0.4, -0.2) is 58.3 Å². The highest BCUT2D eigenvalue weighted by molar-refractivity contribution is 7.89. The molecule has 0 aliphatic heterocycles. The number of rotatable bonds is 9. The van der Waals surface area contributed by atoms with Crippen LogP contribution in [-0.2, 0) is 10.0 Å². The molecule has 0 aromatic carbocycles. The molecule has 0 aromatic heterocycles. The third kappa shape index (κ3) is 6.13. The quantitative estimate of drug-likeness (QED) is 0.599. The van der Waals surface area contributed by atoms with Gasteiger partial charge in [-0.25, -0.2) is 13.1 Å². The Hall–Kier alpha value is -0.170. The first-order valence-electron chi connectivity index (χ1n) is 6.93. The highest BCUT2D eigenvalue weighted by Crippen LogP contribution is 2.21. The van der Waals surface area contributed by atoms with E-state index in [4.69, 9.17) is 0 Å². The van der Waals surface area contributed by atoms with E-state index < -0.39 is 10.0 Å². The van der Waals surface area contributed by atoms with Gasteiger partial charge in [-0.15, -0.1) is 0 Å². The van der Waals surface area contributed by atoms with Gasteiger partial charge in [-0.2, -0.15) is 0 Å². The van der Waals surface area contributed by atoms with Crippen molar-refractivity contribution in [1.82, 2.24) is 14.9 Å². The molecule has 5 nitrogen and oxygen atoms in total. The molecular weight excluding hydrogens is 250 g/mol. The number of likely N-dealkylation sites (N-methyl/N-ethyl adjacent to an activating group) is 1. The van der Waals surface area contributed by atoms with Gasteiger partial charge in [0.15, 0.2) is 0 Å². The number of sulfonamides is 1. The Morgan fingerprint density at radius 2 is 1.89 bits per heavy atom. The average Bonchev–Trinajstić information content (AvgIpc) is 2.82. The lowest BCUT2D eigenvalue weighted by atomic mass is 10.2. The fourth-order valence-corrected chi connectivity index (χ4v) is 3.32. The molecule has 0 bridgehead atoms. The van der Waals surface area contributed by atoms with Crippen molar-refractivity contribution < 1.29 is 8.42 Å². The lowest BCUT2D eigenvalue weighted by Gasteiger charge is -2.23. The topological polar surface area (TPSA) is 61.4 Å². The largest absolute Gasteiger partial charge is 0.316 e. The van der Waals surface area contributed by atoms with E-state index in [1.807, 2.05) is 6.92 Å². The van der Waals surface area contributed by atoms with Gasteiger partial charge in [0.1, 0.15) is 0 Å². The SMILES string of the molecule is CCNCCS(=O)(=O)NCCN(C)C1CCCC1. The summed E-state index contributed by atoms with van der Waals surface area (Å²) >= 11 is 0. The summed E-state index contributed by atoms with van der Waals surface area (Å²) in [7, 11) is -1.03. The van der Waals surface area contributed by atoms with E-state index in [9.17, 15) is 8.42 Å². The Morgan fingerprint density at radius 3 is 2.50 bits per heavy atom. The van der Waals surface area contributed by atoms with Crippen molar-refractivity contribution in [3.63, 3.8) is 0 Å². The summed E-state index contributed by atoms with van der Waals surface area (Å²) in [6.07, 6.45) is 5.13. The van der Waals surface area contributed by atoms with E-state index in [1.165, 1.54) is 25.7 Å². The molecule has 2 N–H and O–H groups in total. The summed E-state index contributed by atoms with van der Waals surface area (Å²) in [4.78, 5) is 2.28. The summed E-state index contributed by atoms with van der Waals surface area (Å²) in [5.41, 5.74) is 0. The van der Waals surface area contributed by atoms with E-state index >= 15 is 0 Å². The zero-order chi connectivity index (χ0) is 13.4. The predicted octanol–water partition coefficient (Wildman–Crippen LogP) is 0.390. The molecule has 1 fully saturated rings. The second-order valence-electron chi connectivity index (χ2n) is 4.99. The van der Waals surface area contributed by atoms with Crippen molar-refractivity contribution in [1.29, 1.82) is 0 Å². The summed E-state index contributed by atoms with van der Waals surface area (Å²) in [5.74, 6) is 0.161. The zero-order valence-electron chi connectivity index (χ0n) is 11.6. The molecule has 1 aliphatic rings. The van der Waals surface area contributed by atoms with Gasteiger partial charge in [0, 0.05) is 25.7 Å². The van der Waals surface area contributed by atoms with E-state index in [0.717, 1.165) is 13.1 Å². The van der Waals surface area contributed by atoms with Crippen LogP contribution in [0.25, 0.3) is 0 Å². The molecule has 0 unspecified atom stereocenters. The van der Waals surface area contributed by atoms with Crippen molar-refractivity contribution in [3.05, 3.63) is 0 Å². The Labute approximate surface area is 111 Å². The summed E-state index contributed by atoms with van der Waals surface area (Å²) in [6, 6.07) is 0.649. The minimum Gasteiger partial charge on any atom is -0.316 e. The lowest BCUT2D eigenvalue weighted by molar-refractivity contribution is 0.250. The van der Waals surface area contributed by atoms with Gasteiger partial charge in [-0.05, 0) is 26.4 Å². The molecule has 0 radical (unpaired) electrons. The van der Waals surface area contributed by atoms with Crippen LogP contribution in [0, 0.1) is 0 Å². The molecular formula is C12H27N3O2S. The fourth-order valence-electron chi connectivity index (χ4n) is 2.36. The summed E-state index contributed by atoms with van der Waals surface area (Å²) in [6.45, 7) is 4.60. The summed E-state index contributed by atoms with van der Waals surface area (Å²) < 4.78 is 25.9. The van der Waals surface area contributed by atoms with Gasteiger partial charge in [-0.1, -0.05) is 19.8 Å². The van der Waals surface area contributed by atoms with Crippen LogP contribution in [0.5, 0.6) is 0 Å². The van der Waals surface area contributed by atoms with Crippen LogP contribution in [0.3, 0.4) is 0 Å². The number of hydrogen-bond donors (Lipinski definition) is 2. The molecule has 1 rings (SSSR count). The van der Waals surface area contributed by atoms with Crippen LogP contribution >= 0.6 is 0 Å². The van der Waals surface area contributed by atoms with Crippen LogP contribution in [0.4, 0.5) is 0 Å². The minimum absolute atomic E-state index is 0.161. The van der Waals surface area contributed by atoms with Gasteiger partial charge < -0.3 is 10.2 Å². The maximum atomic E-state index is 11.6. The zero-order valence-corrected chi connectivity index (χ0v) is 12.4. The Morgan fingerprint density at radius 1 is 1.22 bits per heavy atom. The lowest BCUT2D eigenvalue weighted by Crippen LogP contribution is -2.39. The minimum atomic E-state index is -3.11. The maximum absolute atomic E-state index is 11.6. The number of nitrogens with zero attached hydrogens (tertiary/aromatic N) is 1. The second kappa shape index (κ2) is 8.09. The third-order valence-electron chi connectivity index (χ3n) is 3.53. The van der Waals surface area contributed by atoms with Gasteiger partial charge in [-0.3, -0.25) is 0 Å². The highest BCUT2D eigenvalue weighted by atomic mass is 32.2. The maximum Gasteiger partial charge on any atom is 0.212 e. The van der Waals surface area contributed by atoms with Crippen LogP contribution in [0.15, 0.2) is 0 Å². The van der Waals surface area contributed by atoms with Crippen LogP contribution < -0.4 is 10.0 Å². The third-order valence-corrected chi connectivity index (χ3v) is 4.92. The van der Waals surface area contributed by atoms with E-state index in [0.29, 0.717) is 19.1 Å². The van der Waals surface area contributed by atoms with Crippen LogP contribution in [0.1, 0.15) is 32.6 Å². The van der Waals surface area contributed by atoms with Crippen molar-refractivity contribution >= 4 is 10.0 Å².